The van der Waals surface area contributed by atoms with Gasteiger partial charge < -0.3 is 20.9 Å². The first-order valence-corrected chi connectivity index (χ1v) is 12.3. The highest BCUT2D eigenvalue weighted by atomic mass is 35.5. The molecule has 208 valence electrons. The van der Waals surface area contributed by atoms with Gasteiger partial charge >= 0.3 is 6.18 Å². The number of amides is 1. The molecule has 1 saturated carbocycles. The van der Waals surface area contributed by atoms with Gasteiger partial charge in [-0.2, -0.15) is 13.2 Å². The molecule has 1 atom stereocenters. The SMILES string of the molecule is CC(C)(N)c1cc(-c2ccc(F)c(Cl)c2)nc(C(F)(CNC(=O)c2ccc(OC3CC3)c(O)c2)C(F)(F)F)c1. The first-order valence-electron chi connectivity index (χ1n) is 11.9. The summed E-state index contributed by atoms with van der Waals surface area (Å²) in [5.41, 5.74) is -0.386. The van der Waals surface area contributed by atoms with E-state index in [1.165, 1.54) is 38.1 Å². The van der Waals surface area contributed by atoms with Crippen molar-refractivity contribution in [1.29, 1.82) is 0 Å². The molecule has 12 heteroatoms. The van der Waals surface area contributed by atoms with Gasteiger partial charge in [-0.05, 0) is 80.8 Å². The number of rotatable bonds is 8. The normalized spacial score (nSPS) is 15.5. The zero-order valence-electron chi connectivity index (χ0n) is 20.9. The Bertz CT molecular complexity index is 1410. The molecule has 0 aliphatic heterocycles. The maximum Gasteiger partial charge on any atom is 0.430 e. The number of ether oxygens (including phenoxy) is 1. The number of nitrogens with two attached hydrogens (primary N) is 1. The van der Waals surface area contributed by atoms with Crippen LogP contribution in [-0.2, 0) is 11.2 Å². The van der Waals surface area contributed by atoms with Crippen LogP contribution in [0.2, 0.25) is 5.02 Å². The Labute approximate surface area is 225 Å². The van der Waals surface area contributed by atoms with Gasteiger partial charge in [-0.15, -0.1) is 0 Å². The molecular formula is C27H25ClF5N3O3. The second-order valence-corrected chi connectivity index (χ2v) is 10.4. The number of nitrogens with one attached hydrogen (secondary N) is 1. The van der Waals surface area contributed by atoms with Gasteiger partial charge in [-0.3, -0.25) is 4.79 Å². The third-order valence-electron chi connectivity index (χ3n) is 6.17. The topological polar surface area (TPSA) is 97.5 Å². The zero-order chi connectivity index (χ0) is 28.8. The second-order valence-electron chi connectivity index (χ2n) is 9.96. The van der Waals surface area contributed by atoms with Crippen LogP contribution < -0.4 is 15.8 Å². The summed E-state index contributed by atoms with van der Waals surface area (Å²) in [7, 11) is 0. The predicted octanol–water partition coefficient (Wildman–Crippen LogP) is 6.14. The van der Waals surface area contributed by atoms with E-state index in [0.29, 0.717) is 0 Å². The molecule has 1 aliphatic carbocycles. The van der Waals surface area contributed by atoms with Gasteiger partial charge in [-0.1, -0.05) is 11.6 Å². The van der Waals surface area contributed by atoms with Crippen molar-refractivity contribution in [3.8, 4) is 22.8 Å². The van der Waals surface area contributed by atoms with Crippen molar-refractivity contribution in [2.75, 3.05) is 6.54 Å². The number of aromatic hydroxyl groups is 1. The number of hydrogen-bond donors (Lipinski definition) is 3. The van der Waals surface area contributed by atoms with Crippen LogP contribution in [0.4, 0.5) is 22.0 Å². The van der Waals surface area contributed by atoms with Crippen LogP contribution in [0.1, 0.15) is 48.3 Å². The summed E-state index contributed by atoms with van der Waals surface area (Å²) in [5.74, 6) is -2.07. The third-order valence-corrected chi connectivity index (χ3v) is 6.46. The summed E-state index contributed by atoms with van der Waals surface area (Å²) >= 11 is 5.83. The maximum atomic E-state index is 16.0. The molecule has 1 heterocycles. The predicted molar refractivity (Wildman–Crippen MR) is 135 cm³/mol. The number of nitrogens with zero attached hydrogens (tertiary/aromatic N) is 1. The number of hydrogen-bond acceptors (Lipinski definition) is 5. The number of halogens is 6. The van der Waals surface area contributed by atoms with Crippen molar-refractivity contribution >= 4 is 17.5 Å². The number of alkyl halides is 4. The van der Waals surface area contributed by atoms with Crippen molar-refractivity contribution in [1.82, 2.24) is 10.3 Å². The fourth-order valence-electron chi connectivity index (χ4n) is 3.67. The molecule has 4 rings (SSSR count). The highest BCUT2D eigenvalue weighted by Crippen LogP contribution is 2.43. The van der Waals surface area contributed by atoms with Gasteiger partial charge in [0.05, 0.1) is 29.1 Å². The van der Waals surface area contributed by atoms with Crippen molar-refractivity contribution in [3.05, 3.63) is 76.2 Å². The van der Waals surface area contributed by atoms with Crippen LogP contribution in [0.15, 0.2) is 48.5 Å². The van der Waals surface area contributed by atoms with E-state index in [0.717, 1.165) is 37.1 Å². The Morgan fingerprint density at radius 3 is 2.38 bits per heavy atom. The van der Waals surface area contributed by atoms with Crippen LogP contribution in [0.3, 0.4) is 0 Å². The van der Waals surface area contributed by atoms with E-state index in [-0.39, 0.29) is 45.0 Å². The molecule has 1 unspecified atom stereocenters. The highest BCUT2D eigenvalue weighted by Gasteiger charge is 2.59. The molecule has 4 N–H and O–H groups in total. The molecular weight excluding hydrogens is 545 g/mol. The number of carbonyl (C=O) groups is 1. The fraction of sp³-hybridized carbons (Fsp3) is 0.333. The summed E-state index contributed by atoms with van der Waals surface area (Å²) in [5, 5.41) is 11.8. The fourth-order valence-corrected chi connectivity index (χ4v) is 3.85. The molecule has 0 saturated heterocycles. The Morgan fingerprint density at radius 1 is 1.13 bits per heavy atom. The minimum Gasteiger partial charge on any atom is -0.504 e. The smallest absolute Gasteiger partial charge is 0.430 e. The van der Waals surface area contributed by atoms with Crippen molar-refractivity contribution in [2.24, 2.45) is 5.73 Å². The van der Waals surface area contributed by atoms with Gasteiger partial charge in [0.2, 0.25) is 0 Å². The molecule has 1 aromatic heterocycles. The lowest BCUT2D eigenvalue weighted by atomic mass is 9.90. The summed E-state index contributed by atoms with van der Waals surface area (Å²) in [4.78, 5) is 16.5. The first kappa shape index (κ1) is 28.6. The highest BCUT2D eigenvalue weighted by molar-refractivity contribution is 6.31. The van der Waals surface area contributed by atoms with Gasteiger partial charge in [0.15, 0.2) is 11.5 Å². The summed E-state index contributed by atoms with van der Waals surface area (Å²) in [6, 6.07) is 9.19. The van der Waals surface area contributed by atoms with Crippen LogP contribution >= 0.6 is 11.6 Å². The van der Waals surface area contributed by atoms with Crippen LogP contribution in [-0.4, -0.2) is 34.8 Å². The molecule has 39 heavy (non-hydrogen) atoms. The number of pyridine rings is 1. The quantitative estimate of drug-likeness (QED) is 0.283. The van der Waals surface area contributed by atoms with Crippen LogP contribution in [0, 0.1) is 5.82 Å². The lowest BCUT2D eigenvalue weighted by Gasteiger charge is -2.30. The lowest BCUT2D eigenvalue weighted by molar-refractivity contribution is -0.234. The van der Waals surface area contributed by atoms with Crippen LogP contribution in [0.5, 0.6) is 11.5 Å². The molecule has 3 aromatic rings. The maximum absolute atomic E-state index is 16.0. The van der Waals surface area contributed by atoms with Crippen molar-refractivity contribution in [2.45, 2.75) is 50.2 Å². The number of phenols is 1. The Balaban J connectivity index is 1.69. The van der Waals surface area contributed by atoms with Gasteiger partial charge in [0, 0.05) is 16.7 Å². The second kappa shape index (κ2) is 10.3. The molecule has 1 aliphatic rings. The minimum absolute atomic E-state index is 0.0351. The molecule has 1 fully saturated rings. The number of carbonyl (C=O) groups excluding carboxylic acids is 1. The summed E-state index contributed by atoms with van der Waals surface area (Å²) in [6.45, 7) is 1.49. The molecule has 1 amide bonds. The molecule has 0 spiro atoms. The van der Waals surface area contributed by atoms with E-state index in [9.17, 15) is 27.5 Å². The van der Waals surface area contributed by atoms with E-state index in [1.807, 2.05) is 5.32 Å². The number of benzene rings is 2. The molecule has 6 nitrogen and oxygen atoms in total. The number of phenolic OH excluding ortho intramolecular Hbond substituents is 1. The summed E-state index contributed by atoms with van der Waals surface area (Å²) in [6.07, 6.45) is -3.90. The monoisotopic (exact) mass is 569 g/mol. The summed E-state index contributed by atoms with van der Waals surface area (Å²) < 4.78 is 77.9. The van der Waals surface area contributed by atoms with E-state index >= 15 is 4.39 Å². The Morgan fingerprint density at radius 2 is 1.82 bits per heavy atom. The van der Waals surface area contributed by atoms with Gasteiger partial charge in [0.25, 0.3) is 11.6 Å². The lowest BCUT2D eigenvalue weighted by Crippen LogP contribution is -2.48. The third kappa shape index (κ3) is 6.25. The van der Waals surface area contributed by atoms with E-state index in [4.69, 9.17) is 22.1 Å². The van der Waals surface area contributed by atoms with Crippen molar-refractivity contribution in [3.63, 3.8) is 0 Å². The minimum atomic E-state index is -5.51. The largest absolute Gasteiger partial charge is 0.504 e. The van der Waals surface area contributed by atoms with Gasteiger partial charge in [-0.25, -0.2) is 13.8 Å². The molecule has 0 radical (unpaired) electrons. The zero-order valence-corrected chi connectivity index (χ0v) is 21.6. The Hall–Kier alpha value is -3.44. The molecule has 2 aromatic carbocycles. The van der Waals surface area contributed by atoms with E-state index in [1.54, 1.807) is 0 Å². The first-order chi connectivity index (χ1) is 18.1. The Kier molecular flexibility index (Phi) is 7.52. The van der Waals surface area contributed by atoms with Crippen LogP contribution in [0.25, 0.3) is 11.3 Å². The van der Waals surface area contributed by atoms with Gasteiger partial charge in [0.1, 0.15) is 5.82 Å². The van der Waals surface area contributed by atoms with E-state index in [2.05, 4.69) is 4.98 Å². The van der Waals surface area contributed by atoms with E-state index < -0.39 is 41.3 Å². The average molecular weight is 570 g/mol. The van der Waals surface area contributed by atoms with Crippen molar-refractivity contribution < 1.29 is 36.6 Å². The molecule has 0 bridgehead atoms. The number of aromatic nitrogens is 1. The average Bonchev–Trinajstić information content (AvgIpc) is 3.68. The standard InChI is InChI=1S/C27H25ClF5N3O3/c1-25(2,34)16-11-20(14-3-7-19(29)18(28)9-14)36-23(12-16)26(30,27(31,32)33)13-35-24(38)15-4-8-22(21(37)10-15)39-17-5-6-17/h3-4,7-12,17,37H,5-6,13,34H2,1-2H3,(H,35,38).